The first kappa shape index (κ1) is 66.5. The molecule has 0 radical (unpaired) electrons. The van der Waals surface area contributed by atoms with E-state index in [9.17, 15) is 81.7 Å². The number of fused-ring (bicyclic) bond motifs is 7. The highest BCUT2D eigenvalue weighted by Crippen LogP contribution is 2.70. The van der Waals surface area contributed by atoms with Crippen molar-refractivity contribution in [2.24, 2.45) is 46.3 Å². The van der Waals surface area contributed by atoms with Crippen LogP contribution in [-0.4, -0.2) is 294 Å². The Bertz CT molecular complexity index is 2220. The van der Waals surface area contributed by atoms with Crippen molar-refractivity contribution in [2.75, 3.05) is 46.8 Å². The topological polar surface area (TPSA) is 434 Å². The Morgan fingerprint density at radius 2 is 1.16 bits per heavy atom. The maximum atomic E-state index is 12.4. The van der Waals surface area contributed by atoms with E-state index in [1.54, 1.807) is 7.11 Å². The van der Waals surface area contributed by atoms with E-state index >= 15 is 0 Å². The van der Waals surface area contributed by atoms with Crippen molar-refractivity contribution >= 4 is 0 Å². The van der Waals surface area contributed by atoms with Gasteiger partial charge in [-0.15, -0.1) is 0 Å². The second kappa shape index (κ2) is 26.7. The van der Waals surface area contributed by atoms with Gasteiger partial charge in [0.05, 0.1) is 51.8 Å². The first-order chi connectivity index (χ1) is 40.4. The Hall–Kier alpha value is -1.38. The summed E-state index contributed by atoms with van der Waals surface area (Å²) >= 11 is 0. The molecule has 6 aliphatic heterocycles. The number of rotatable bonds is 19. The molecule has 85 heavy (non-hydrogen) atoms. The van der Waals surface area contributed by atoms with E-state index in [0.29, 0.717) is 43.4 Å². The summed E-state index contributed by atoms with van der Waals surface area (Å²) in [6, 6.07) is 0. The van der Waals surface area contributed by atoms with Crippen molar-refractivity contribution < 1.29 is 139 Å². The van der Waals surface area contributed by atoms with E-state index < -0.39 is 192 Å². The van der Waals surface area contributed by atoms with Crippen LogP contribution in [0.3, 0.4) is 0 Å². The predicted molar refractivity (Wildman–Crippen MR) is 283 cm³/mol. The predicted octanol–water partition coefficient (Wildman–Crippen LogP) is -4.92. The molecule has 6 saturated heterocycles. The molecule has 10 aliphatic rings. The van der Waals surface area contributed by atoms with E-state index in [4.69, 9.17) is 56.8 Å². The summed E-state index contributed by atoms with van der Waals surface area (Å²) in [7, 11) is 1.70. The standard InChI is InChI=1S/C57H94O28/c1-22(20-75-50-43(70)40(67)37(64)31(16-58)78-50)8-13-57(74-5)23(2)35-30(85-57)15-28-26-7-6-24-14-25(9-11-55(24,3)27(26)10-12-56(28,35)4)77-54-49(84-52-44(71)41(68)38(65)32(17-59)79-52)45(72)47(34(19-61)81-54)82-53-46(73)48(39(66)33(18-60)80-53)83-51-42(69)36(63)29(62)21-76-51/h6,22-23,25-54,58-73H,7-21H2,1-5H3. The zero-order chi connectivity index (χ0) is 61.4. The van der Waals surface area contributed by atoms with Crippen LogP contribution in [0.4, 0.5) is 0 Å². The van der Waals surface area contributed by atoms with Crippen LogP contribution in [0.15, 0.2) is 11.6 Å². The first-order valence-electron chi connectivity index (χ1n) is 30.4. The summed E-state index contributed by atoms with van der Waals surface area (Å²) in [5.41, 5.74) is 0.974. The number of hydrogen-bond acceptors (Lipinski definition) is 28. The number of hydrogen-bond donors (Lipinski definition) is 16. The molecule has 35 unspecified atom stereocenters. The molecule has 35 atom stereocenters. The fraction of sp³-hybridized carbons (Fsp3) is 0.965. The van der Waals surface area contributed by atoms with E-state index in [2.05, 4.69) is 26.8 Å². The van der Waals surface area contributed by atoms with Crippen LogP contribution in [0.2, 0.25) is 0 Å². The van der Waals surface area contributed by atoms with E-state index in [0.717, 1.165) is 32.1 Å². The third-order valence-electron chi connectivity index (χ3n) is 21.6. The minimum absolute atomic E-state index is 0.0243. The average Bonchev–Trinajstić information content (AvgIpc) is 1.61. The second-order valence-electron chi connectivity index (χ2n) is 26.4. The summed E-state index contributed by atoms with van der Waals surface area (Å²) in [5, 5.41) is 170. The van der Waals surface area contributed by atoms with Crippen LogP contribution in [0.25, 0.3) is 0 Å². The molecule has 490 valence electrons. The lowest BCUT2D eigenvalue weighted by Gasteiger charge is -2.58. The normalized spacial score (nSPS) is 53.9. The van der Waals surface area contributed by atoms with E-state index in [1.807, 2.05) is 6.92 Å². The molecule has 9 fully saturated rings. The Balaban J connectivity index is 0.811. The van der Waals surface area contributed by atoms with Gasteiger partial charge in [-0.1, -0.05) is 39.3 Å². The molecule has 0 spiro atoms. The van der Waals surface area contributed by atoms with Crippen LogP contribution in [0.5, 0.6) is 0 Å². The molecule has 6 heterocycles. The van der Waals surface area contributed by atoms with Crippen molar-refractivity contribution in [3.05, 3.63) is 11.6 Å². The largest absolute Gasteiger partial charge is 0.394 e. The number of allylic oxidation sites excluding steroid dienone is 1. The molecule has 28 heteroatoms. The monoisotopic (exact) mass is 1230 g/mol. The minimum Gasteiger partial charge on any atom is -0.394 e. The van der Waals surface area contributed by atoms with Crippen molar-refractivity contribution in [1.82, 2.24) is 0 Å². The highest BCUT2D eigenvalue weighted by molar-refractivity contribution is 5.26. The lowest BCUT2D eigenvalue weighted by atomic mass is 9.47. The van der Waals surface area contributed by atoms with Gasteiger partial charge >= 0.3 is 0 Å². The van der Waals surface area contributed by atoms with Crippen LogP contribution >= 0.6 is 0 Å². The highest BCUT2D eigenvalue weighted by atomic mass is 16.8. The molecular formula is C57H94O28. The Morgan fingerprint density at radius 3 is 1.81 bits per heavy atom. The average molecular weight is 1230 g/mol. The maximum Gasteiger partial charge on any atom is 0.187 e. The summed E-state index contributed by atoms with van der Waals surface area (Å²) in [6.45, 7) is 5.66. The van der Waals surface area contributed by atoms with Crippen molar-refractivity contribution in [3.8, 4) is 0 Å². The number of methoxy groups -OCH3 is 1. The molecule has 0 amide bonds. The second-order valence-corrected chi connectivity index (χ2v) is 26.4. The van der Waals surface area contributed by atoms with Gasteiger partial charge < -0.3 is 139 Å². The lowest BCUT2D eigenvalue weighted by Crippen LogP contribution is -2.67. The van der Waals surface area contributed by atoms with Gasteiger partial charge in [-0.25, -0.2) is 0 Å². The van der Waals surface area contributed by atoms with Crippen LogP contribution in [0, 0.1) is 46.3 Å². The molecule has 0 bridgehead atoms. The molecule has 0 aromatic carbocycles. The number of ether oxygens (including phenoxy) is 12. The van der Waals surface area contributed by atoms with Crippen molar-refractivity contribution in [1.29, 1.82) is 0 Å². The summed E-state index contributed by atoms with van der Waals surface area (Å²) in [6.07, 6.45) is -31.2. The van der Waals surface area contributed by atoms with E-state index in [1.165, 1.54) is 5.57 Å². The molecule has 10 rings (SSSR count). The van der Waals surface area contributed by atoms with Crippen molar-refractivity contribution in [2.45, 2.75) is 251 Å². The van der Waals surface area contributed by atoms with Crippen LogP contribution in [-0.2, 0) is 56.8 Å². The smallest absolute Gasteiger partial charge is 0.187 e. The zero-order valence-corrected chi connectivity index (χ0v) is 48.7. The van der Waals surface area contributed by atoms with Gasteiger partial charge in [-0.2, -0.15) is 0 Å². The Kier molecular flexibility index (Phi) is 20.9. The van der Waals surface area contributed by atoms with Crippen LogP contribution in [0.1, 0.15) is 85.5 Å². The molecule has 3 saturated carbocycles. The Labute approximate surface area is 492 Å². The minimum atomic E-state index is -1.99. The lowest BCUT2D eigenvalue weighted by molar-refractivity contribution is -0.396. The molecular weight excluding hydrogens is 1130 g/mol. The maximum absolute atomic E-state index is 12.4. The van der Waals surface area contributed by atoms with Gasteiger partial charge in [0, 0.05) is 19.4 Å². The number of aliphatic hydroxyl groups is 16. The number of aliphatic hydroxyl groups excluding tert-OH is 16. The third-order valence-corrected chi connectivity index (χ3v) is 21.6. The van der Waals surface area contributed by atoms with Gasteiger partial charge in [0.1, 0.15) is 116 Å². The fourth-order valence-corrected chi connectivity index (χ4v) is 16.6. The zero-order valence-electron chi connectivity index (χ0n) is 48.7. The van der Waals surface area contributed by atoms with Gasteiger partial charge in [0.25, 0.3) is 0 Å². The fourth-order valence-electron chi connectivity index (χ4n) is 16.6. The summed E-state index contributed by atoms with van der Waals surface area (Å²) < 4.78 is 72.8. The molecule has 16 N–H and O–H groups in total. The van der Waals surface area contributed by atoms with Crippen molar-refractivity contribution in [3.63, 3.8) is 0 Å². The van der Waals surface area contributed by atoms with Gasteiger partial charge in [-0.05, 0) is 91.8 Å². The molecule has 0 aromatic rings. The molecule has 0 aromatic heterocycles. The Morgan fingerprint density at radius 1 is 0.588 bits per heavy atom. The highest BCUT2D eigenvalue weighted by Gasteiger charge is 2.69. The summed E-state index contributed by atoms with van der Waals surface area (Å²) in [4.78, 5) is 0. The SMILES string of the molecule is COC1(CCC(C)COC2OC(CO)C(O)C(O)C2O)OC2CC3C4CC=C5CC(OC6OC(CO)C(OC7OC(CO)C(O)C(OC8OCC(O)C(O)C8O)C7O)C(O)C6OC6OC(CO)C(O)C(O)C6O)CCC5(C)C4CCC3(C)C2C1C. The van der Waals surface area contributed by atoms with Gasteiger partial charge in [0.15, 0.2) is 37.2 Å². The quantitative estimate of drug-likeness (QED) is 0.0539. The van der Waals surface area contributed by atoms with Gasteiger partial charge in [-0.3, -0.25) is 0 Å². The van der Waals surface area contributed by atoms with Gasteiger partial charge in [0.2, 0.25) is 0 Å². The molecule has 28 nitrogen and oxygen atoms in total. The third kappa shape index (κ3) is 12.2. The van der Waals surface area contributed by atoms with Crippen LogP contribution < -0.4 is 0 Å². The molecule has 4 aliphatic carbocycles. The summed E-state index contributed by atoms with van der Waals surface area (Å²) in [5.74, 6) is 0.523. The first-order valence-corrected chi connectivity index (χ1v) is 30.4. The van der Waals surface area contributed by atoms with E-state index in [-0.39, 0.29) is 41.3 Å².